The summed E-state index contributed by atoms with van der Waals surface area (Å²) in [7, 11) is -0.754. The predicted molar refractivity (Wildman–Crippen MR) is 116 cm³/mol. The topological polar surface area (TPSA) is 84.9 Å². The first kappa shape index (κ1) is 22.1. The number of carbonyl (C=O) groups excluding carboxylic acids is 1. The summed E-state index contributed by atoms with van der Waals surface area (Å²) in [6.45, 7) is 5.83. The van der Waals surface area contributed by atoms with Crippen LogP contribution in [0.1, 0.15) is 29.5 Å². The molecule has 0 bridgehead atoms. The molecule has 1 N–H and O–H groups in total. The number of nitrogens with one attached hydrogen (secondary N) is 1. The van der Waals surface area contributed by atoms with Gasteiger partial charge in [-0.25, -0.2) is 8.42 Å². The molecule has 1 fully saturated rings. The Balaban J connectivity index is 1.90. The normalized spacial score (nSPS) is 17.0. The first-order valence-electron chi connectivity index (χ1n) is 9.81. The molecular weight excluding hydrogens is 404 g/mol. The average Bonchev–Trinajstić information content (AvgIpc) is 3.17. The highest BCUT2D eigenvalue weighted by Gasteiger charge is 2.40. The van der Waals surface area contributed by atoms with Crippen LogP contribution in [0.5, 0.6) is 11.5 Å². The van der Waals surface area contributed by atoms with E-state index in [0.717, 1.165) is 5.56 Å². The average molecular weight is 433 g/mol. The van der Waals surface area contributed by atoms with E-state index in [1.54, 1.807) is 32.0 Å². The zero-order valence-electron chi connectivity index (χ0n) is 18.0. The van der Waals surface area contributed by atoms with Gasteiger partial charge in [-0.3, -0.25) is 4.79 Å². The lowest BCUT2D eigenvalue weighted by atomic mass is 10.1. The highest BCUT2D eigenvalue weighted by Crippen LogP contribution is 2.32. The van der Waals surface area contributed by atoms with E-state index in [2.05, 4.69) is 5.32 Å². The highest BCUT2D eigenvalue weighted by atomic mass is 32.2. The monoisotopic (exact) mass is 432 g/mol. The van der Waals surface area contributed by atoms with Crippen molar-refractivity contribution in [2.24, 2.45) is 0 Å². The molecule has 0 aliphatic carbocycles. The van der Waals surface area contributed by atoms with E-state index >= 15 is 0 Å². The van der Waals surface area contributed by atoms with Crippen molar-refractivity contribution < 1.29 is 22.7 Å². The smallest absolute Gasteiger partial charge is 0.244 e. The van der Waals surface area contributed by atoms with E-state index in [-0.39, 0.29) is 10.8 Å². The van der Waals surface area contributed by atoms with Gasteiger partial charge in [0.15, 0.2) is 0 Å². The molecule has 3 rings (SSSR count). The third-order valence-corrected chi connectivity index (χ3v) is 7.51. The molecule has 1 saturated heterocycles. The third-order valence-electron chi connectivity index (χ3n) is 5.30. The Hall–Kier alpha value is -2.58. The number of sulfonamides is 1. The fourth-order valence-corrected chi connectivity index (χ4v) is 6.16. The molecule has 30 heavy (non-hydrogen) atoms. The van der Waals surface area contributed by atoms with Crippen molar-refractivity contribution in [1.82, 2.24) is 4.31 Å². The van der Waals surface area contributed by atoms with Crippen molar-refractivity contribution in [2.75, 3.05) is 26.1 Å². The maximum atomic E-state index is 13.5. The Morgan fingerprint density at radius 1 is 1.00 bits per heavy atom. The summed E-state index contributed by atoms with van der Waals surface area (Å²) in [5, 5.41) is 2.82. The fourth-order valence-electron chi connectivity index (χ4n) is 4.09. The van der Waals surface area contributed by atoms with E-state index in [1.165, 1.54) is 18.5 Å². The summed E-state index contributed by atoms with van der Waals surface area (Å²) >= 11 is 0. The van der Waals surface area contributed by atoms with Crippen molar-refractivity contribution >= 4 is 21.6 Å². The maximum absolute atomic E-state index is 13.5. The number of hydrogen-bond acceptors (Lipinski definition) is 5. The minimum absolute atomic E-state index is 0.288. The Morgan fingerprint density at radius 2 is 1.57 bits per heavy atom. The standard InChI is InChI=1S/C22H28N2O5S/c1-14-9-15(2)21(16(3)10-14)30(26,27)24-8-6-7-20(24)22(25)23-17-11-18(28-4)13-19(12-17)29-5/h9-13,20H,6-8H2,1-5H3,(H,23,25). The Morgan fingerprint density at radius 3 is 2.10 bits per heavy atom. The molecule has 8 heteroatoms. The van der Waals surface area contributed by atoms with E-state index < -0.39 is 16.1 Å². The van der Waals surface area contributed by atoms with Crippen LogP contribution in [0.15, 0.2) is 35.2 Å². The van der Waals surface area contributed by atoms with Gasteiger partial charge in [-0.05, 0) is 44.7 Å². The van der Waals surface area contributed by atoms with Crippen LogP contribution in [-0.2, 0) is 14.8 Å². The van der Waals surface area contributed by atoms with Crippen LogP contribution in [0.2, 0.25) is 0 Å². The fraction of sp³-hybridized carbons (Fsp3) is 0.409. The number of ether oxygens (including phenoxy) is 2. The number of carbonyl (C=O) groups is 1. The van der Waals surface area contributed by atoms with E-state index in [1.807, 2.05) is 19.1 Å². The molecule has 7 nitrogen and oxygen atoms in total. The van der Waals surface area contributed by atoms with Crippen LogP contribution in [0, 0.1) is 20.8 Å². The number of nitrogens with zero attached hydrogens (tertiary/aromatic N) is 1. The van der Waals surface area contributed by atoms with Crippen LogP contribution in [0.3, 0.4) is 0 Å². The molecule has 1 atom stereocenters. The number of anilines is 1. The van der Waals surface area contributed by atoms with Gasteiger partial charge in [-0.15, -0.1) is 0 Å². The number of rotatable bonds is 6. The van der Waals surface area contributed by atoms with Crippen molar-refractivity contribution in [1.29, 1.82) is 0 Å². The van der Waals surface area contributed by atoms with E-state index in [0.29, 0.717) is 47.7 Å². The van der Waals surface area contributed by atoms with Gasteiger partial charge in [0.2, 0.25) is 15.9 Å². The van der Waals surface area contributed by atoms with E-state index in [4.69, 9.17) is 9.47 Å². The lowest BCUT2D eigenvalue weighted by Crippen LogP contribution is -2.43. The first-order chi connectivity index (χ1) is 14.2. The molecule has 162 valence electrons. The summed E-state index contributed by atoms with van der Waals surface area (Å²) in [5.41, 5.74) is 2.88. The molecule has 0 spiro atoms. The molecule has 1 aliphatic heterocycles. The third kappa shape index (κ3) is 4.29. The van der Waals surface area contributed by atoms with Gasteiger partial charge < -0.3 is 14.8 Å². The lowest BCUT2D eigenvalue weighted by molar-refractivity contribution is -0.119. The SMILES string of the molecule is COc1cc(NC(=O)C2CCCN2S(=O)(=O)c2c(C)cc(C)cc2C)cc(OC)c1. The van der Waals surface area contributed by atoms with E-state index in [9.17, 15) is 13.2 Å². The summed E-state index contributed by atoms with van der Waals surface area (Å²) in [5.74, 6) is 0.701. The summed E-state index contributed by atoms with van der Waals surface area (Å²) in [6.07, 6.45) is 1.10. The van der Waals surface area contributed by atoms with Crippen LogP contribution < -0.4 is 14.8 Å². The molecule has 0 aromatic heterocycles. The van der Waals surface area contributed by atoms with Crippen LogP contribution in [0.25, 0.3) is 0 Å². The van der Waals surface area contributed by atoms with Gasteiger partial charge >= 0.3 is 0 Å². The van der Waals surface area contributed by atoms with Crippen molar-refractivity contribution in [3.8, 4) is 11.5 Å². The Bertz CT molecular complexity index is 1020. The summed E-state index contributed by atoms with van der Waals surface area (Å²) in [4.78, 5) is 13.3. The molecule has 2 aromatic rings. The minimum atomic E-state index is -3.81. The number of benzene rings is 2. The van der Waals surface area contributed by atoms with Crippen molar-refractivity contribution in [3.05, 3.63) is 47.0 Å². The largest absolute Gasteiger partial charge is 0.497 e. The molecule has 1 aliphatic rings. The van der Waals surface area contributed by atoms with Crippen LogP contribution in [0.4, 0.5) is 5.69 Å². The second kappa shape index (κ2) is 8.65. The van der Waals surface area contributed by atoms with Crippen LogP contribution in [-0.4, -0.2) is 45.4 Å². The molecule has 0 saturated carbocycles. The second-order valence-corrected chi connectivity index (χ2v) is 9.42. The van der Waals surface area contributed by atoms with Crippen LogP contribution >= 0.6 is 0 Å². The minimum Gasteiger partial charge on any atom is -0.497 e. The molecular formula is C22H28N2O5S. The van der Waals surface area contributed by atoms with Crippen molar-refractivity contribution in [3.63, 3.8) is 0 Å². The highest BCUT2D eigenvalue weighted by molar-refractivity contribution is 7.89. The van der Waals surface area contributed by atoms with Gasteiger partial charge in [0.25, 0.3) is 0 Å². The number of amides is 1. The zero-order chi connectivity index (χ0) is 22.1. The lowest BCUT2D eigenvalue weighted by Gasteiger charge is -2.25. The van der Waals surface area contributed by atoms with Gasteiger partial charge in [-0.1, -0.05) is 17.7 Å². The zero-order valence-corrected chi connectivity index (χ0v) is 18.8. The quantitative estimate of drug-likeness (QED) is 0.756. The maximum Gasteiger partial charge on any atom is 0.244 e. The van der Waals surface area contributed by atoms with Gasteiger partial charge in [0.05, 0.1) is 19.1 Å². The molecule has 2 aromatic carbocycles. The molecule has 1 amide bonds. The number of aryl methyl sites for hydroxylation is 3. The number of hydrogen-bond donors (Lipinski definition) is 1. The first-order valence-corrected chi connectivity index (χ1v) is 11.2. The second-order valence-electron chi connectivity index (χ2n) is 7.59. The van der Waals surface area contributed by atoms with Crippen molar-refractivity contribution in [2.45, 2.75) is 44.6 Å². The molecule has 1 heterocycles. The van der Waals surface area contributed by atoms with Gasteiger partial charge in [0.1, 0.15) is 17.5 Å². The summed E-state index contributed by atoms with van der Waals surface area (Å²) < 4.78 is 38.7. The Labute approximate surface area is 178 Å². The summed E-state index contributed by atoms with van der Waals surface area (Å²) in [6, 6.07) is 7.98. The van der Waals surface area contributed by atoms with Gasteiger partial charge in [-0.2, -0.15) is 4.31 Å². The Kier molecular flexibility index (Phi) is 6.38. The van der Waals surface area contributed by atoms with Gasteiger partial charge in [0, 0.05) is 30.4 Å². The molecule has 1 unspecified atom stereocenters. The molecule has 0 radical (unpaired) electrons. The number of methoxy groups -OCH3 is 2. The predicted octanol–water partition coefficient (Wildman–Crippen LogP) is 3.42.